The Morgan fingerprint density at radius 1 is 1.43 bits per heavy atom. The van der Waals surface area contributed by atoms with Crippen molar-refractivity contribution < 1.29 is 4.39 Å². The fourth-order valence-corrected chi connectivity index (χ4v) is 2.81. The van der Waals surface area contributed by atoms with Gasteiger partial charge >= 0.3 is 0 Å². The molecular formula is C14H17Cl2FN4. The van der Waals surface area contributed by atoms with Crippen LogP contribution in [0.1, 0.15) is 29.9 Å². The topological polar surface area (TPSA) is 55.9 Å². The lowest BCUT2D eigenvalue weighted by Gasteiger charge is -2.17. The third-order valence-corrected chi connectivity index (χ3v) is 4.11. The molecule has 3 N–H and O–H groups in total. The van der Waals surface area contributed by atoms with Gasteiger partial charge < -0.3 is 0 Å². The van der Waals surface area contributed by atoms with E-state index in [0.29, 0.717) is 22.0 Å². The van der Waals surface area contributed by atoms with Crippen LogP contribution in [0, 0.1) is 5.82 Å². The van der Waals surface area contributed by atoms with Crippen molar-refractivity contribution in [1.82, 2.24) is 15.2 Å². The zero-order valence-corrected chi connectivity index (χ0v) is 13.3. The number of nitrogens with one attached hydrogen (secondary N) is 1. The van der Waals surface area contributed by atoms with Gasteiger partial charge in [0.15, 0.2) is 0 Å². The summed E-state index contributed by atoms with van der Waals surface area (Å²) in [5, 5.41) is 5.30. The molecule has 0 fully saturated rings. The summed E-state index contributed by atoms with van der Waals surface area (Å²) in [6, 6.07) is 4.10. The van der Waals surface area contributed by atoms with Gasteiger partial charge in [0, 0.05) is 24.1 Å². The SMILES string of the molecule is CCc1nn(C)c(CC(NN)c2ccc(Cl)cc2F)c1Cl. The van der Waals surface area contributed by atoms with Crippen molar-refractivity contribution in [3.63, 3.8) is 0 Å². The molecule has 0 aliphatic carbocycles. The van der Waals surface area contributed by atoms with Crippen molar-refractivity contribution in [3.05, 3.63) is 51.0 Å². The minimum atomic E-state index is -0.417. The van der Waals surface area contributed by atoms with Gasteiger partial charge in [-0.1, -0.05) is 36.2 Å². The van der Waals surface area contributed by atoms with Gasteiger partial charge in [-0.05, 0) is 18.6 Å². The van der Waals surface area contributed by atoms with Gasteiger partial charge in [0.2, 0.25) is 0 Å². The molecule has 0 aliphatic heterocycles. The summed E-state index contributed by atoms with van der Waals surface area (Å²) in [5.41, 5.74) is 4.70. The lowest BCUT2D eigenvalue weighted by atomic mass is 10.0. The van der Waals surface area contributed by atoms with Crippen LogP contribution in [-0.4, -0.2) is 9.78 Å². The molecule has 0 saturated carbocycles. The number of nitrogens with two attached hydrogens (primary N) is 1. The Hall–Kier alpha value is -1.14. The van der Waals surface area contributed by atoms with Crippen LogP contribution in [0.3, 0.4) is 0 Å². The Kier molecular flexibility index (Phi) is 5.22. The van der Waals surface area contributed by atoms with E-state index in [0.717, 1.165) is 17.8 Å². The van der Waals surface area contributed by atoms with Gasteiger partial charge in [-0.2, -0.15) is 5.10 Å². The monoisotopic (exact) mass is 330 g/mol. The molecule has 0 aliphatic rings. The van der Waals surface area contributed by atoms with Gasteiger partial charge in [0.25, 0.3) is 0 Å². The second-order valence-corrected chi connectivity index (χ2v) is 5.59. The van der Waals surface area contributed by atoms with E-state index in [1.165, 1.54) is 6.07 Å². The molecule has 7 heteroatoms. The highest BCUT2D eigenvalue weighted by molar-refractivity contribution is 6.32. The summed E-state index contributed by atoms with van der Waals surface area (Å²) >= 11 is 12.1. The molecule has 114 valence electrons. The molecule has 1 heterocycles. The number of benzene rings is 1. The summed E-state index contributed by atoms with van der Waals surface area (Å²) in [4.78, 5) is 0. The molecule has 1 atom stereocenters. The third kappa shape index (κ3) is 3.37. The van der Waals surface area contributed by atoms with Crippen LogP contribution in [0.5, 0.6) is 0 Å². The number of hydrazine groups is 1. The maximum absolute atomic E-state index is 14.0. The second kappa shape index (κ2) is 6.75. The first-order valence-corrected chi connectivity index (χ1v) is 7.34. The fourth-order valence-electron chi connectivity index (χ4n) is 2.28. The highest BCUT2D eigenvalue weighted by Gasteiger charge is 2.21. The van der Waals surface area contributed by atoms with E-state index in [1.807, 2.05) is 14.0 Å². The number of nitrogens with zero attached hydrogens (tertiary/aromatic N) is 2. The molecule has 0 amide bonds. The van der Waals surface area contributed by atoms with Crippen molar-refractivity contribution in [3.8, 4) is 0 Å². The van der Waals surface area contributed by atoms with Gasteiger partial charge in [-0.15, -0.1) is 0 Å². The van der Waals surface area contributed by atoms with Crippen molar-refractivity contribution >= 4 is 23.2 Å². The average molecular weight is 331 g/mol. The molecule has 1 aromatic heterocycles. The molecule has 2 rings (SSSR count). The van der Waals surface area contributed by atoms with Crippen molar-refractivity contribution in [2.24, 2.45) is 12.9 Å². The third-order valence-electron chi connectivity index (χ3n) is 3.44. The normalized spacial score (nSPS) is 12.7. The number of hydrogen-bond donors (Lipinski definition) is 2. The molecule has 2 aromatic rings. The van der Waals surface area contributed by atoms with Gasteiger partial charge in [-0.25, -0.2) is 4.39 Å². The zero-order chi connectivity index (χ0) is 15.6. The van der Waals surface area contributed by atoms with E-state index in [9.17, 15) is 4.39 Å². The quantitative estimate of drug-likeness (QED) is 0.654. The molecule has 0 spiro atoms. The maximum Gasteiger partial charge on any atom is 0.129 e. The van der Waals surface area contributed by atoms with E-state index < -0.39 is 11.9 Å². The predicted octanol–water partition coefficient (Wildman–Crippen LogP) is 3.18. The summed E-state index contributed by atoms with van der Waals surface area (Å²) in [6.45, 7) is 1.98. The van der Waals surface area contributed by atoms with Gasteiger partial charge in [0.1, 0.15) is 5.82 Å². The fraction of sp³-hybridized carbons (Fsp3) is 0.357. The number of halogens is 3. The molecule has 1 aromatic carbocycles. The van der Waals surface area contributed by atoms with E-state index in [-0.39, 0.29) is 0 Å². The zero-order valence-electron chi connectivity index (χ0n) is 11.8. The van der Waals surface area contributed by atoms with E-state index in [4.69, 9.17) is 29.0 Å². The largest absolute Gasteiger partial charge is 0.271 e. The maximum atomic E-state index is 14.0. The first-order valence-electron chi connectivity index (χ1n) is 6.59. The number of hydrogen-bond acceptors (Lipinski definition) is 3. The highest BCUT2D eigenvalue weighted by Crippen LogP contribution is 2.28. The smallest absolute Gasteiger partial charge is 0.129 e. The van der Waals surface area contributed by atoms with Crippen LogP contribution >= 0.6 is 23.2 Å². The van der Waals surface area contributed by atoms with Crippen LogP contribution in [0.15, 0.2) is 18.2 Å². The molecule has 0 radical (unpaired) electrons. The van der Waals surface area contributed by atoms with E-state index in [1.54, 1.807) is 16.8 Å². The minimum Gasteiger partial charge on any atom is -0.271 e. The van der Waals surface area contributed by atoms with E-state index >= 15 is 0 Å². The number of aromatic nitrogens is 2. The number of aryl methyl sites for hydroxylation is 2. The summed E-state index contributed by atoms with van der Waals surface area (Å²) in [7, 11) is 1.81. The standard InChI is InChI=1S/C14H17Cl2FN4/c1-3-11-14(16)13(21(2)20-11)7-12(19-18)9-5-4-8(15)6-10(9)17/h4-6,12,19H,3,7,18H2,1-2H3. The van der Waals surface area contributed by atoms with Crippen LogP contribution in [0.4, 0.5) is 4.39 Å². The molecule has 1 unspecified atom stereocenters. The first-order chi connectivity index (χ1) is 9.97. The van der Waals surface area contributed by atoms with Crippen molar-refractivity contribution in [1.29, 1.82) is 0 Å². The van der Waals surface area contributed by atoms with E-state index in [2.05, 4.69) is 10.5 Å². The summed E-state index contributed by atoms with van der Waals surface area (Å²) in [6.07, 6.45) is 1.17. The van der Waals surface area contributed by atoms with Crippen LogP contribution in [-0.2, 0) is 19.9 Å². The Morgan fingerprint density at radius 3 is 2.67 bits per heavy atom. The predicted molar refractivity (Wildman–Crippen MR) is 82.8 cm³/mol. The molecule has 21 heavy (non-hydrogen) atoms. The Balaban J connectivity index is 2.33. The van der Waals surface area contributed by atoms with Crippen molar-refractivity contribution in [2.75, 3.05) is 0 Å². The second-order valence-electron chi connectivity index (χ2n) is 4.77. The lowest BCUT2D eigenvalue weighted by molar-refractivity contribution is 0.497. The summed E-state index contributed by atoms with van der Waals surface area (Å²) in [5.74, 6) is 5.17. The number of rotatable bonds is 5. The average Bonchev–Trinajstić information content (AvgIpc) is 2.72. The Labute approximate surface area is 133 Å². The highest BCUT2D eigenvalue weighted by atomic mass is 35.5. The molecule has 0 saturated heterocycles. The van der Waals surface area contributed by atoms with Gasteiger partial charge in [-0.3, -0.25) is 16.0 Å². The van der Waals surface area contributed by atoms with Crippen LogP contribution < -0.4 is 11.3 Å². The van der Waals surface area contributed by atoms with Crippen LogP contribution in [0.2, 0.25) is 10.0 Å². The molecular weight excluding hydrogens is 314 g/mol. The molecule has 0 bridgehead atoms. The Morgan fingerprint density at radius 2 is 2.14 bits per heavy atom. The van der Waals surface area contributed by atoms with Crippen LogP contribution in [0.25, 0.3) is 0 Å². The van der Waals surface area contributed by atoms with Crippen molar-refractivity contribution in [2.45, 2.75) is 25.8 Å². The minimum absolute atomic E-state index is 0.346. The first kappa shape index (κ1) is 16.2. The summed E-state index contributed by atoms with van der Waals surface area (Å²) < 4.78 is 15.7. The van der Waals surface area contributed by atoms with Gasteiger partial charge in [0.05, 0.1) is 22.5 Å². The Bertz CT molecular complexity index is 642. The lowest BCUT2D eigenvalue weighted by Crippen LogP contribution is -2.30. The molecule has 4 nitrogen and oxygen atoms in total.